The molecule has 0 aliphatic heterocycles. The van der Waals surface area contributed by atoms with Gasteiger partial charge in [0.25, 0.3) is 5.91 Å². The Kier molecular flexibility index (Phi) is 7.14. The van der Waals surface area contributed by atoms with E-state index in [-0.39, 0.29) is 23.9 Å². The van der Waals surface area contributed by atoms with Crippen LogP contribution in [0.4, 0.5) is 10.6 Å². The number of nitrogens with one attached hydrogen (secondary N) is 2. The standard InChI is InChI=1S/C26H28N4O5/c1-3-4-13-22(25(32)33)27-24(31)20-14-30(2)29-23(20)28-26(34)35-15-21-18-11-7-5-9-16(18)17-10-6-8-12-19(17)21/h5-12,14,21-22H,3-4,13,15H2,1-2H3,(H,27,31)(H,32,33)(H,28,29,34). The molecule has 1 aliphatic rings. The SMILES string of the molecule is CCCCC(NC(=O)c1cn(C)nc1NC(=O)OCC1c2ccccc2-c2ccccc21)C(=O)O. The predicted molar refractivity (Wildman–Crippen MR) is 130 cm³/mol. The zero-order valence-corrected chi connectivity index (χ0v) is 19.7. The van der Waals surface area contributed by atoms with E-state index in [0.29, 0.717) is 12.8 Å². The van der Waals surface area contributed by atoms with Gasteiger partial charge in [-0.3, -0.25) is 14.8 Å². The van der Waals surface area contributed by atoms with E-state index in [4.69, 9.17) is 4.74 Å². The number of aromatic nitrogens is 2. The van der Waals surface area contributed by atoms with Crippen LogP contribution in [0.3, 0.4) is 0 Å². The first-order valence-corrected chi connectivity index (χ1v) is 11.6. The van der Waals surface area contributed by atoms with Crippen LogP contribution >= 0.6 is 0 Å². The third kappa shape index (κ3) is 5.18. The van der Waals surface area contributed by atoms with E-state index >= 15 is 0 Å². The Balaban J connectivity index is 1.43. The number of hydrogen-bond donors (Lipinski definition) is 3. The highest BCUT2D eigenvalue weighted by Crippen LogP contribution is 2.44. The Morgan fingerprint density at radius 1 is 1.09 bits per heavy atom. The number of aryl methyl sites for hydroxylation is 1. The van der Waals surface area contributed by atoms with Crippen LogP contribution in [0.25, 0.3) is 11.1 Å². The number of unbranched alkanes of at least 4 members (excludes halogenated alkanes) is 1. The second-order valence-corrected chi connectivity index (χ2v) is 8.52. The molecular weight excluding hydrogens is 448 g/mol. The Bertz CT molecular complexity index is 1210. The van der Waals surface area contributed by atoms with Gasteiger partial charge < -0.3 is 15.2 Å². The molecule has 2 amide bonds. The molecule has 4 rings (SSSR count). The summed E-state index contributed by atoms with van der Waals surface area (Å²) in [5, 5.41) is 18.6. The minimum Gasteiger partial charge on any atom is -0.480 e. The van der Waals surface area contributed by atoms with Crippen LogP contribution in [0, 0.1) is 0 Å². The van der Waals surface area contributed by atoms with Crippen molar-refractivity contribution in [3.05, 3.63) is 71.4 Å². The van der Waals surface area contributed by atoms with Crippen LogP contribution in [0.5, 0.6) is 0 Å². The summed E-state index contributed by atoms with van der Waals surface area (Å²) in [6.45, 7) is 2.06. The molecule has 3 aromatic rings. The zero-order chi connectivity index (χ0) is 24.9. The van der Waals surface area contributed by atoms with Gasteiger partial charge in [-0.25, -0.2) is 9.59 Å². The van der Waals surface area contributed by atoms with Gasteiger partial charge in [-0.05, 0) is 28.7 Å². The minimum atomic E-state index is -1.11. The summed E-state index contributed by atoms with van der Waals surface area (Å²) in [4.78, 5) is 36.9. The Labute approximate surface area is 203 Å². The first kappa shape index (κ1) is 24.0. The topological polar surface area (TPSA) is 123 Å². The second kappa shape index (κ2) is 10.4. The number of fused-ring (bicyclic) bond motifs is 3. The summed E-state index contributed by atoms with van der Waals surface area (Å²) < 4.78 is 6.91. The van der Waals surface area contributed by atoms with E-state index in [9.17, 15) is 19.5 Å². The lowest BCUT2D eigenvalue weighted by Crippen LogP contribution is -2.40. The highest BCUT2D eigenvalue weighted by molar-refractivity contribution is 6.02. The van der Waals surface area contributed by atoms with E-state index in [0.717, 1.165) is 28.7 Å². The van der Waals surface area contributed by atoms with Gasteiger partial charge in [-0.15, -0.1) is 0 Å². The molecule has 9 nitrogen and oxygen atoms in total. The fourth-order valence-corrected chi connectivity index (χ4v) is 4.38. The van der Waals surface area contributed by atoms with Gasteiger partial charge in [0.05, 0.1) is 0 Å². The number of nitrogens with zero attached hydrogens (tertiary/aromatic N) is 2. The van der Waals surface area contributed by atoms with Crippen molar-refractivity contribution in [3.8, 4) is 11.1 Å². The molecular formula is C26H28N4O5. The Hall–Kier alpha value is -4.14. The first-order chi connectivity index (χ1) is 16.9. The molecule has 35 heavy (non-hydrogen) atoms. The number of carboxylic acids is 1. The molecule has 1 unspecified atom stereocenters. The van der Waals surface area contributed by atoms with Gasteiger partial charge in [0.15, 0.2) is 5.82 Å². The normalized spacial score (nSPS) is 13.0. The molecule has 0 fully saturated rings. The van der Waals surface area contributed by atoms with Gasteiger partial charge in [-0.2, -0.15) is 5.10 Å². The number of ether oxygens (including phenoxy) is 1. The van der Waals surface area contributed by atoms with Crippen LogP contribution in [-0.2, 0) is 16.6 Å². The number of anilines is 1. The third-order valence-corrected chi connectivity index (χ3v) is 6.09. The van der Waals surface area contributed by atoms with Crippen molar-refractivity contribution in [1.82, 2.24) is 15.1 Å². The van der Waals surface area contributed by atoms with Crippen molar-refractivity contribution < 1.29 is 24.2 Å². The van der Waals surface area contributed by atoms with Gasteiger partial charge in [-0.1, -0.05) is 68.3 Å². The number of amides is 2. The van der Waals surface area contributed by atoms with Crippen molar-refractivity contribution in [2.45, 2.75) is 38.1 Å². The van der Waals surface area contributed by atoms with Crippen molar-refractivity contribution >= 4 is 23.8 Å². The largest absolute Gasteiger partial charge is 0.480 e. The van der Waals surface area contributed by atoms with Crippen molar-refractivity contribution in [3.63, 3.8) is 0 Å². The number of aliphatic carboxylic acids is 1. The number of carboxylic acid groups (broad SMARTS) is 1. The average molecular weight is 477 g/mol. The molecule has 0 saturated heterocycles. The van der Waals surface area contributed by atoms with Crippen LogP contribution < -0.4 is 10.6 Å². The smallest absolute Gasteiger partial charge is 0.412 e. The predicted octanol–water partition coefficient (Wildman–Crippen LogP) is 4.15. The van der Waals surface area contributed by atoms with E-state index in [1.165, 1.54) is 10.9 Å². The van der Waals surface area contributed by atoms with E-state index in [1.54, 1.807) is 7.05 Å². The number of carbonyl (C=O) groups excluding carboxylic acids is 2. The number of rotatable bonds is 9. The lowest BCUT2D eigenvalue weighted by atomic mass is 9.98. The lowest BCUT2D eigenvalue weighted by Gasteiger charge is -2.15. The summed E-state index contributed by atoms with van der Waals surface area (Å²) in [6.07, 6.45) is 2.46. The van der Waals surface area contributed by atoms with Gasteiger partial charge in [0.2, 0.25) is 0 Å². The van der Waals surface area contributed by atoms with Crippen molar-refractivity contribution in [1.29, 1.82) is 0 Å². The lowest BCUT2D eigenvalue weighted by molar-refractivity contribution is -0.139. The van der Waals surface area contributed by atoms with E-state index in [1.807, 2.05) is 43.3 Å². The molecule has 0 saturated carbocycles. The maximum absolute atomic E-state index is 12.8. The fourth-order valence-electron chi connectivity index (χ4n) is 4.38. The van der Waals surface area contributed by atoms with Crippen LogP contribution in [0.15, 0.2) is 54.7 Å². The maximum atomic E-state index is 12.8. The van der Waals surface area contributed by atoms with E-state index < -0.39 is 24.0 Å². The first-order valence-electron chi connectivity index (χ1n) is 11.6. The van der Waals surface area contributed by atoms with Crippen LogP contribution in [-0.4, -0.2) is 45.5 Å². The van der Waals surface area contributed by atoms with Crippen LogP contribution in [0.1, 0.15) is 53.6 Å². The van der Waals surface area contributed by atoms with Gasteiger partial charge in [0.1, 0.15) is 18.2 Å². The molecule has 1 atom stereocenters. The number of hydrogen-bond acceptors (Lipinski definition) is 5. The summed E-state index contributed by atoms with van der Waals surface area (Å²) in [5.41, 5.74) is 4.48. The third-order valence-electron chi connectivity index (χ3n) is 6.09. The monoisotopic (exact) mass is 476 g/mol. The Morgan fingerprint density at radius 3 is 2.31 bits per heavy atom. The molecule has 0 spiro atoms. The molecule has 2 aromatic carbocycles. The molecule has 9 heteroatoms. The summed E-state index contributed by atoms with van der Waals surface area (Å²) >= 11 is 0. The summed E-state index contributed by atoms with van der Waals surface area (Å²) in [6, 6.07) is 15.0. The molecule has 182 valence electrons. The van der Waals surface area contributed by atoms with E-state index in [2.05, 4.69) is 27.9 Å². The Morgan fingerprint density at radius 2 is 1.71 bits per heavy atom. The van der Waals surface area contributed by atoms with Crippen molar-refractivity contribution in [2.24, 2.45) is 7.05 Å². The molecule has 1 aromatic heterocycles. The minimum absolute atomic E-state index is 0.00172. The highest BCUT2D eigenvalue weighted by atomic mass is 16.5. The number of carbonyl (C=O) groups is 3. The highest BCUT2D eigenvalue weighted by Gasteiger charge is 2.29. The molecule has 1 heterocycles. The molecule has 0 bridgehead atoms. The van der Waals surface area contributed by atoms with Gasteiger partial charge >= 0.3 is 12.1 Å². The molecule has 3 N–H and O–H groups in total. The van der Waals surface area contributed by atoms with Crippen molar-refractivity contribution in [2.75, 3.05) is 11.9 Å². The average Bonchev–Trinajstić information content (AvgIpc) is 3.37. The second-order valence-electron chi connectivity index (χ2n) is 8.52. The van der Waals surface area contributed by atoms with Crippen LogP contribution in [0.2, 0.25) is 0 Å². The zero-order valence-electron chi connectivity index (χ0n) is 19.7. The molecule has 0 radical (unpaired) electrons. The summed E-state index contributed by atoms with van der Waals surface area (Å²) in [5.74, 6) is -1.84. The van der Waals surface area contributed by atoms with Gasteiger partial charge in [0, 0.05) is 19.2 Å². The summed E-state index contributed by atoms with van der Waals surface area (Å²) in [7, 11) is 1.60. The quantitative estimate of drug-likeness (QED) is 0.426. The fraction of sp³-hybridized carbons (Fsp3) is 0.308. The maximum Gasteiger partial charge on any atom is 0.412 e. The molecule has 1 aliphatic carbocycles. The number of benzene rings is 2.